The summed E-state index contributed by atoms with van der Waals surface area (Å²) in [7, 11) is 0. The molecule has 0 heterocycles. The van der Waals surface area contributed by atoms with Crippen LogP contribution in [0.3, 0.4) is 0 Å². The Bertz CT molecular complexity index is 701. The third-order valence-corrected chi connectivity index (χ3v) is 3.86. The Kier molecular flexibility index (Phi) is 5.39. The highest BCUT2D eigenvalue weighted by Crippen LogP contribution is 2.23. The number of rotatable bonds is 3. The Morgan fingerprint density at radius 2 is 1.46 bits per heavy atom. The molecule has 24 heavy (non-hydrogen) atoms. The minimum Gasteiger partial charge on any atom is -0.341 e. The van der Waals surface area contributed by atoms with Crippen LogP contribution in [-0.4, -0.2) is 11.8 Å². The molecular weight excluding hydrogens is 300 g/mol. The molecule has 0 fully saturated rings. The molecule has 0 spiro atoms. The SMILES string of the molecule is C[C@H](NC(=O)C(=O)Nc1ccc(C(C)(C)C)cc1)c1ccccc1. The molecule has 2 amide bonds. The van der Waals surface area contributed by atoms with Crippen molar-refractivity contribution in [2.75, 3.05) is 5.32 Å². The Labute approximate surface area is 143 Å². The maximum Gasteiger partial charge on any atom is 0.313 e. The van der Waals surface area contributed by atoms with Crippen molar-refractivity contribution >= 4 is 17.5 Å². The lowest BCUT2D eigenvalue weighted by Gasteiger charge is -2.19. The molecule has 0 unspecified atom stereocenters. The first-order valence-electron chi connectivity index (χ1n) is 8.04. The van der Waals surface area contributed by atoms with E-state index in [-0.39, 0.29) is 11.5 Å². The number of hydrogen-bond donors (Lipinski definition) is 2. The lowest BCUT2D eigenvalue weighted by Crippen LogP contribution is -2.36. The van der Waals surface area contributed by atoms with Crippen molar-refractivity contribution in [1.82, 2.24) is 5.32 Å². The topological polar surface area (TPSA) is 58.2 Å². The van der Waals surface area contributed by atoms with E-state index in [2.05, 4.69) is 31.4 Å². The van der Waals surface area contributed by atoms with E-state index in [1.807, 2.05) is 61.5 Å². The Balaban J connectivity index is 1.95. The second-order valence-electron chi connectivity index (χ2n) is 6.89. The first-order valence-corrected chi connectivity index (χ1v) is 8.04. The molecule has 2 N–H and O–H groups in total. The molecule has 0 radical (unpaired) electrons. The summed E-state index contributed by atoms with van der Waals surface area (Å²) in [4.78, 5) is 24.1. The normalized spacial score (nSPS) is 12.3. The van der Waals surface area contributed by atoms with Crippen LogP contribution in [-0.2, 0) is 15.0 Å². The van der Waals surface area contributed by atoms with Gasteiger partial charge in [0.1, 0.15) is 0 Å². The van der Waals surface area contributed by atoms with Crippen molar-refractivity contribution in [1.29, 1.82) is 0 Å². The van der Waals surface area contributed by atoms with Gasteiger partial charge in [-0.25, -0.2) is 0 Å². The van der Waals surface area contributed by atoms with Gasteiger partial charge in [0.2, 0.25) is 0 Å². The van der Waals surface area contributed by atoms with Crippen LogP contribution < -0.4 is 10.6 Å². The van der Waals surface area contributed by atoms with Gasteiger partial charge >= 0.3 is 11.8 Å². The van der Waals surface area contributed by atoms with Crippen LogP contribution in [0.5, 0.6) is 0 Å². The van der Waals surface area contributed by atoms with Crippen LogP contribution in [0.15, 0.2) is 54.6 Å². The third kappa shape index (κ3) is 4.69. The van der Waals surface area contributed by atoms with Crippen LogP contribution in [0.4, 0.5) is 5.69 Å². The first-order chi connectivity index (χ1) is 11.3. The molecule has 0 aliphatic rings. The van der Waals surface area contributed by atoms with E-state index in [4.69, 9.17) is 0 Å². The van der Waals surface area contributed by atoms with Gasteiger partial charge in [0, 0.05) is 5.69 Å². The summed E-state index contributed by atoms with van der Waals surface area (Å²) in [5, 5.41) is 5.33. The Morgan fingerprint density at radius 1 is 0.875 bits per heavy atom. The summed E-state index contributed by atoms with van der Waals surface area (Å²) in [6.07, 6.45) is 0. The van der Waals surface area contributed by atoms with Crippen LogP contribution in [0, 0.1) is 0 Å². The second-order valence-corrected chi connectivity index (χ2v) is 6.89. The second kappa shape index (κ2) is 7.30. The van der Waals surface area contributed by atoms with E-state index >= 15 is 0 Å². The molecule has 1 atom stereocenters. The predicted octanol–water partition coefficient (Wildman–Crippen LogP) is 3.80. The van der Waals surface area contributed by atoms with E-state index in [1.54, 1.807) is 0 Å². The van der Waals surface area contributed by atoms with E-state index in [0.717, 1.165) is 5.56 Å². The molecule has 126 valence electrons. The van der Waals surface area contributed by atoms with Gasteiger partial charge < -0.3 is 10.6 Å². The third-order valence-electron chi connectivity index (χ3n) is 3.86. The van der Waals surface area contributed by atoms with Crippen molar-refractivity contribution < 1.29 is 9.59 Å². The fourth-order valence-electron chi connectivity index (χ4n) is 2.33. The maximum absolute atomic E-state index is 12.0. The smallest absolute Gasteiger partial charge is 0.313 e. The van der Waals surface area contributed by atoms with Gasteiger partial charge in [0.05, 0.1) is 6.04 Å². The summed E-state index contributed by atoms with van der Waals surface area (Å²) in [5.41, 5.74) is 2.77. The number of anilines is 1. The van der Waals surface area contributed by atoms with Gasteiger partial charge in [0.25, 0.3) is 0 Å². The molecule has 0 saturated heterocycles. The van der Waals surface area contributed by atoms with Crippen molar-refractivity contribution in [3.63, 3.8) is 0 Å². The lowest BCUT2D eigenvalue weighted by atomic mass is 9.87. The summed E-state index contributed by atoms with van der Waals surface area (Å²) in [6.45, 7) is 8.22. The monoisotopic (exact) mass is 324 g/mol. The molecule has 0 aromatic heterocycles. The van der Waals surface area contributed by atoms with Crippen LogP contribution >= 0.6 is 0 Å². The fourth-order valence-corrected chi connectivity index (χ4v) is 2.33. The zero-order chi connectivity index (χ0) is 17.7. The summed E-state index contributed by atoms with van der Waals surface area (Å²) < 4.78 is 0. The average molecular weight is 324 g/mol. The zero-order valence-corrected chi connectivity index (χ0v) is 14.6. The number of carbonyl (C=O) groups excluding carboxylic acids is 2. The number of carbonyl (C=O) groups is 2. The number of amides is 2. The van der Waals surface area contributed by atoms with Crippen molar-refractivity contribution in [2.45, 2.75) is 39.2 Å². The van der Waals surface area contributed by atoms with Crippen molar-refractivity contribution in [3.8, 4) is 0 Å². The van der Waals surface area contributed by atoms with Crippen LogP contribution in [0.2, 0.25) is 0 Å². The standard InChI is InChI=1S/C20H24N2O2/c1-14(15-8-6-5-7-9-15)21-18(23)19(24)22-17-12-10-16(11-13-17)20(2,3)4/h5-14H,1-4H3,(H,21,23)(H,22,24)/t14-/m0/s1. The van der Waals surface area contributed by atoms with E-state index in [0.29, 0.717) is 5.69 Å². The highest BCUT2D eigenvalue weighted by molar-refractivity contribution is 6.39. The summed E-state index contributed by atoms with van der Waals surface area (Å²) in [6, 6.07) is 16.8. The lowest BCUT2D eigenvalue weighted by molar-refractivity contribution is -0.136. The molecule has 2 rings (SSSR count). The van der Waals surface area contributed by atoms with Gasteiger partial charge in [-0.15, -0.1) is 0 Å². The van der Waals surface area contributed by atoms with E-state index < -0.39 is 11.8 Å². The number of nitrogens with one attached hydrogen (secondary N) is 2. The zero-order valence-electron chi connectivity index (χ0n) is 14.6. The predicted molar refractivity (Wildman–Crippen MR) is 96.8 cm³/mol. The van der Waals surface area contributed by atoms with Gasteiger partial charge in [-0.3, -0.25) is 9.59 Å². The first kappa shape index (κ1) is 17.7. The van der Waals surface area contributed by atoms with Crippen molar-refractivity contribution in [2.24, 2.45) is 0 Å². The molecule has 0 aliphatic heterocycles. The molecule has 2 aromatic carbocycles. The van der Waals surface area contributed by atoms with Crippen LogP contribution in [0.1, 0.15) is 44.9 Å². The van der Waals surface area contributed by atoms with Gasteiger partial charge in [-0.1, -0.05) is 63.2 Å². The quantitative estimate of drug-likeness (QED) is 0.844. The largest absolute Gasteiger partial charge is 0.341 e. The van der Waals surface area contributed by atoms with E-state index in [1.165, 1.54) is 5.56 Å². The molecule has 0 aliphatic carbocycles. The fraction of sp³-hybridized carbons (Fsp3) is 0.300. The number of benzene rings is 2. The average Bonchev–Trinajstić information content (AvgIpc) is 2.55. The Hall–Kier alpha value is -2.62. The number of hydrogen-bond acceptors (Lipinski definition) is 2. The molecule has 4 heteroatoms. The highest BCUT2D eigenvalue weighted by atomic mass is 16.2. The van der Waals surface area contributed by atoms with Gasteiger partial charge in [-0.2, -0.15) is 0 Å². The summed E-state index contributed by atoms with van der Waals surface area (Å²) >= 11 is 0. The van der Waals surface area contributed by atoms with Gasteiger partial charge in [-0.05, 0) is 35.6 Å². The molecular formula is C20H24N2O2. The van der Waals surface area contributed by atoms with Crippen molar-refractivity contribution in [3.05, 3.63) is 65.7 Å². The highest BCUT2D eigenvalue weighted by Gasteiger charge is 2.18. The summed E-state index contributed by atoms with van der Waals surface area (Å²) in [5.74, 6) is -1.31. The molecule has 4 nitrogen and oxygen atoms in total. The minimum atomic E-state index is -0.665. The van der Waals surface area contributed by atoms with E-state index in [9.17, 15) is 9.59 Å². The molecule has 0 bridgehead atoms. The molecule has 2 aromatic rings. The molecule has 0 saturated carbocycles. The minimum absolute atomic E-state index is 0.0467. The maximum atomic E-state index is 12.0. The van der Waals surface area contributed by atoms with Crippen LogP contribution in [0.25, 0.3) is 0 Å². The van der Waals surface area contributed by atoms with Gasteiger partial charge in [0.15, 0.2) is 0 Å². The Morgan fingerprint density at radius 3 is 2.00 bits per heavy atom.